The van der Waals surface area contributed by atoms with Gasteiger partial charge in [-0.25, -0.2) is 0 Å². The Bertz CT molecular complexity index is 4530. The van der Waals surface area contributed by atoms with Crippen LogP contribution in [0.3, 0.4) is 0 Å². The van der Waals surface area contributed by atoms with Crippen molar-refractivity contribution in [1.29, 1.82) is 0 Å². The summed E-state index contributed by atoms with van der Waals surface area (Å²) in [6, 6.07) is 56.7. The fraction of sp³-hybridized carbons (Fsp3) is 0.211. The number of rotatable bonds is 0. The van der Waals surface area contributed by atoms with Gasteiger partial charge in [-0.3, -0.25) is 0 Å². The Labute approximate surface area is 462 Å². The van der Waals surface area contributed by atoms with Crippen molar-refractivity contribution in [3.05, 3.63) is 279 Å². The molecule has 0 spiro atoms. The van der Waals surface area contributed by atoms with Gasteiger partial charge in [0.15, 0.2) is 0 Å². The Hall–Kier alpha value is -8.60. The molecule has 0 radical (unpaired) electrons. The van der Waals surface area contributed by atoms with Crippen LogP contribution in [0, 0.1) is 0 Å². The minimum absolute atomic E-state index is 0.318. The van der Waals surface area contributed by atoms with Crippen molar-refractivity contribution >= 4 is 67.4 Å². The van der Waals surface area contributed by atoms with Crippen LogP contribution in [0.2, 0.25) is 0 Å². The van der Waals surface area contributed by atoms with Crippen molar-refractivity contribution in [3.8, 4) is 0 Å². The van der Waals surface area contributed by atoms with Crippen molar-refractivity contribution in [3.63, 3.8) is 0 Å². The van der Waals surface area contributed by atoms with Gasteiger partial charge >= 0.3 is 0 Å². The number of hydrogen-bond acceptors (Lipinski definition) is 0. The van der Waals surface area contributed by atoms with E-state index in [2.05, 4.69) is 190 Å². The van der Waals surface area contributed by atoms with E-state index < -0.39 is 0 Å². The lowest BCUT2D eigenvalue weighted by molar-refractivity contribution is 0.519. The molecule has 0 fully saturated rings. The van der Waals surface area contributed by atoms with Crippen molar-refractivity contribution in [2.75, 3.05) is 0 Å². The second kappa shape index (κ2) is 14.8. The number of aromatic nitrogens is 4. The van der Waals surface area contributed by atoms with E-state index in [1.54, 1.807) is 0 Å². The largest absolute Gasteiger partial charge is 0.355 e. The van der Waals surface area contributed by atoms with Crippen LogP contribution in [0.25, 0.3) is 67.4 Å². The maximum atomic E-state index is 4.35. The molecule has 8 atom stereocenters. The summed E-state index contributed by atoms with van der Waals surface area (Å²) in [5, 5.41) is 16.0. The van der Waals surface area contributed by atoms with Crippen LogP contribution in [-0.2, 0) is 0 Å². The van der Waals surface area contributed by atoms with Gasteiger partial charge in [0, 0.05) is 91.5 Å². The number of nitrogens with one attached hydrogen (secondary N) is 4. The second-order valence-corrected chi connectivity index (χ2v) is 25.7. The van der Waals surface area contributed by atoms with Gasteiger partial charge in [-0.1, -0.05) is 146 Å². The van der Waals surface area contributed by atoms with Crippen LogP contribution in [0.1, 0.15) is 211 Å². The van der Waals surface area contributed by atoms with Crippen LogP contribution < -0.4 is 21.4 Å². The number of fused-ring (bicyclic) bond motifs is 16. The lowest BCUT2D eigenvalue weighted by atomic mass is 9.63. The first-order valence-corrected chi connectivity index (χ1v) is 30.1. The van der Waals surface area contributed by atoms with E-state index in [1.807, 2.05) is 0 Å². The summed E-state index contributed by atoms with van der Waals surface area (Å²) in [7, 11) is 0. The Morgan fingerprint density at radius 2 is 0.388 bits per heavy atom. The summed E-state index contributed by atoms with van der Waals surface area (Å²) in [6.45, 7) is 0. The first kappa shape index (κ1) is 42.4. The number of aromatic amines is 4. The van der Waals surface area contributed by atoms with E-state index in [9.17, 15) is 0 Å². The standard InChI is InChI=1S/C76H56N4/c1-2-10-38-26-54-46-18-17-45(53(54)25-37(38)9-1)69-61-33-63-71-47-19-20-49(57-29-41-13-4-3-11-39(41)27-55(47)57)73(71)65(78-63)35-67-75-51-23-24-52(60-32-44-16-8-7-15-43(44)31-59(51)60)76(75)68(80-67)36-66-74-50-22-21-48(72(74)64(79-66)34-62(77-61)70(46)69)56-28-40-12-5-6-14-42(40)30-58(50)56/h1-16,25-36,45-52,77-80H,17-24H2. The Kier molecular flexibility index (Phi) is 7.83. The molecule has 0 saturated heterocycles. The minimum Gasteiger partial charge on any atom is -0.355 e. The molecule has 16 bridgehead atoms. The van der Waals surface area contributed by atoms with Crippen molar-refractivity contribution in [2.24, 2.45) is 0 Å². The van der Waals surface area contributed by atoms with Crippen molar-refractivity contribution in [1.82, 2.24) is 19.9 Å². The lowest BCUT2D eigenvalue weighted by Gasteiger charge is -2.40. The summed E-state index contributed by atoms with van der Waals surface area (Å²) >= 11 is 0. The molecule has 1 aliphatic heterocycles. The maximum absolute atomic E-state index is 4.35. The van der Waals surface area contributed by atoms with E-state index in [-0.39, 0.29) is 0 Å². The summed E-state index contributed by atoms with van der Waals surface area (Å²) in [6.07, 6.45) is 19.8. The van der Waals surface area contributed by atoms with Crippen molar-refractivity contribution < 1.29 is 0 Å². The molecule has 0 amide bonds. The predicted octanol–water partition coefficient (Wildman–Crippen LogP) is 14.7. The zero-order valence-corrected chi connectivity index (χ0v) is 44.4. The molecule has 4 nitrogen and oxygen atoms in total. The summed E-state index contributed by atoms with van der Waals surface area (Å²) in [5.74, 6) is 2.54. The molecule has 5 heterocycles. The molecular weight excluding hydrogens is 969 g/mol. The fourth-order valence-electron chi connectivity index (χ4n) is 19.3. The molecule has 4 N–H and O–H groups in total. The van der Waals surface area contributed by atoms with Gasteiger partial charge in [-0.05, 0) is 208 Å². The molecule has 12 aliphatic carbocycles. The maximum Gasteiger partial charge on any atom is 0.0447 e. The molecule has 80 heavy (non-hydrogen) atoms. The van der Waals surface area contributed by atoms with E-state index in [0.717, 1.165) is 0 Å². The second-order valence-electron chi connectivity index (χ2n) is 25.7. The smallest absolute Gasteiger partial charge is 0.0447 e. The Morgan fingerprint density at radius 1 is 0.212 bits per heavy atom. The molecule has 0 saturated carbocycles. The van der Waals surface area contributed by atoms with E-state index in [1.165, 1.54) is 228 Å². The highest BCUT2D eigenvalue weighted by atomic mass is 14.8. The summed E-state index contributed by atoms with van der Waals surface area (Å²) in [5.41, 5.74) is 29.6. The molecule has 25 rings (SSSR count). The van der Waals surface area contributed by atoms with Crippen LogP contribution in [0.4, 0.5) is 0 Å². The average molecular weight is 1030 g/mol. The quantitative estimate of drug-likeness (QED) is 0.117. The number of hydrogen-bond donors (Lipinski definition) is 4. The van der Waals surface area contributed by atoms with Crippen molar-refractivity contribution in [2.45, 2.75) is 98.7 Å². The topological polar surface area (TPSA) is 63.2 Å². The third-order valence-electron chi connectivity index (χ3n) is 22.3. The predicted molar refractivity (Wildman–Crippen MR) is 323 cm³/mol. The summed E-state index contributed by atoms with van der Waals surface area (Å²) in [4.78, 5) is 17.4. The van der Waals surface area contributed by atoms with E-state index >= 15 is 0 Å². The number of benzene rings is 8. The van der Waals surface area contributed by atoms with E-state index in [0.29, 0.717) is 47.3 Å². The third kappa shape index (κ3) is 5.30. The zero-order valence-electron chi connectivity index (χ0n) is 44.4. The molecule has 380 valence electrons. The van der Waals surface area contributed by atoms with Gasteiger partial charge in [0.05, 0.1) is 0 Å². The molecule has 8 unspecified atom stereocenters. The Balaban J connectivity index is 0.890. The highest BCUT2D eigenvalue weighted by Crippen LogP contribution is 2.59. The lowest BCUT2D eigenvalue weighted by Crippen LogP contribution is -2.30. The van der Waals surface area contributed by atoms with Crippen LogP contribution in [0.15, 0.2) is 146 Å². The van der Waals surface area contributed by atoms with Gasteiger partial charge < -0.3 is 19.9 Å². The van der Waals surface area contributed by atoms with Gasteiger partial charge in [0.2, 0.25) is 0 Å². The highest BCUT2D eigenvalue weighted by molar-refractivity contribution is 5.90. The van der Waals surface area contributed by atoms with Crippen LogP contribution in [0.5, 0.6) is 0 Å². The van der Waals surface area contributed by atoms with Gasteiger partial charge in [0.1, 0.15) is 0 Å². The van der Waals surface area contributed by atoms with Gasteiger partial charge in [-0.15, -0.1) is 0 Å². The van der Waals surface area contributed by atoms with Gasteiger partial charge in [-0.2, -0.15) is 0 Å². The molecule has 12 aromatic rings. The zero-order chi connectivity index (χ0) is 51.4. The van der Waals surface area contributed by atoms with Crippen LogP contribution >= 0.6 is 0 Å². The fourth-order valence-corrected chi connectivity index (χ4v) is 19.3. The molecule has 8 aromatic carbocycles. The number of H-pyrrole nitrogens is 4. The average Bonchev–Trinajstić information content (AvgIpc) is 3.89. The summed E-state index contributed by atoms with van der Waals surface area (Å²) < 4.78 is 0. The van der Waals surface area contributed by atoms with Gasteiger partial charge in [0.25, 0.3) is 0 Å². The minimum atomic E-state index is 0.318. The third-order valence-corrected chi connectivity index (χ3v) is 22.3. The molecule has 4 heteroatoms. The van der Waals surface area contributed by atoms with E-state index in [4.69, 9.17) is 0 Å². The highest BCUT2D eigenvalue weighted by Gasteiger charge is 2.46. The SMILES string of the molecule is C1=c2[nH]c(c3c2C2CCC3c3cc4ccccc4cc32)=Cc2[nH]c(c3c2C2CCC3c3cc4ccccc4cc32)C=c2[nH]c(c3c2C2CCC3c3cc4ccccc4cc32)=Cc2[nH]c1c1c2C2CCC1c1cc3ccccc3cc12. The monoisotopic (exact) mass is 1020 g/mol. The molecule has 13 aliphatic rings. The first-order valence-electron chi connectivity index (χ1n) is 30.1. The molecular formula is C76H56N4. The first-order chi connectivity index (χ1) is 39.6. The molecule has 4 aromatic heterocycles. The Morgan fingerprint density at radius 3 is 0.575 bits per heavy atom. The van der Waals surface area contributed by atoms with Crippen LogP contribution in [-0.4, -0.2) is 19.9 Å². The normalized spacial score (nSPS) is 24.0.